The summed E-state index contributed by atoms with van der Waals surface area (Å²) in [6, 6.07) is 9.57. The van der Waals surface area contributed by atoms with Gasteiger partial charge >= 0.3 is 0 Å². The summed E-state index contributed by atoms with van der Waals surface area (Å²) in [4.78, 5) is 12.5. The first-order valence-electron chi connectivity index (χ1n) is 9.63. The summed E-state index contributed by atoms with van der Waals surface area (Å²) in [5, 5.41) is 25.0. The van der Waals surface area contributed by atoms with Gasteiger partial charge in [-0.2, -0.15) is 10.4 Å². The molecule has 0 radical (unpaired) electrons. The number of hydrogen-bond acceptors (Lipinski definition) is 7. The first-order valence-corrected chi connectivity index (χ1v) is 11.4. The SMILES string of the molecule is Cc1nn(CC(C)C)c(C)c1CC(=O)Nc1nnc(SCc2ccc(C#N)cc2)s1. The number of carbonyl (C=O) groups excluding carboxylic acids is 1. The number of aromatic nitrogens is 4. The topological polar surface area (TPSA) is 96.5 Å². The fraction of sp³-hybridized carbons (Fsp3) is 0.381. The number of rotatable bonds is 8. The zero-order valence-corrected chi connectivity index (χ0v) is 19.1. The van der Waals surface area contributed by atoms with Gasteiger partial charge in [0.05, 0.1) is 23.7 Å². The fourth-order valence-electron chi connectivity index (χ4n) is 2.98. The number of nitrogens with zero attached hydrogens (tertiary/aromatic N) is 5. The third kappa shape index (κ3) is 5.68. The van der Waals surface area contributed by atoms with Crippen LogP contribution in [0.5, 0.6) is 0 Å². The van der Waals surface area contributed by atoms with E-state index in [1.54, 1.807) is 23.9 Å². The Labute approximate surface area is 184 Å². The molecule has 156 valence electrons. The molecule has 3 aromatic rings. The maximum absolute atomic E-state index is 12.5. The molecule has 0 fully saturated rings. The number of aryl methyl sites for hydroxylation is 1. The van der Waals surface area contributed by atoms with E-state index >= 15 is 0 Å². The number of amides is 1. The second kappa shape index (κ2) is 9.87. The van der Waals surface area contributed by atoms with E-state index in [9.17, 15) is 4.79 Å². The summed E-state index contributed by atoms with van der Waals surface area (Å²) in [6.45, 7) is 9.08. The minimum Gasteiger partial charge on any atom is -0.300 e. The number of nitriles is 1. The highest BCUT2D eigenvalue weighted by molar-refractivity contribution is 8.00. The lowest BCUT2D eigenvalue weighted by molar-refractivity contribution is -0.115. The van der Waals surface area contributed by atoms with Gasteiger partial charge in [-0.25, -0.2) is 0 Å². The van der Waals surface area contributed by atoms with Gasteiger partial charge in [-0.1, -0.05) is 49.1 Å². The van der Waals surface area contributed by atoms with Gasteiger partial charge in [-0.05, 0) is 37.5 Å². The third-order valence-corrected chi connectivity index (χ3v) is 6.55. The van der Waals surface area contributed by atoms with Crippen LogP contribution in [0.4, 0.5) is 5.13 Å². The van der Waals surface area contributed by atoms with Crippen molar-refractivity contribution in [3.63, 3.8) is 0 Å². The van der Waals surface area contributed by atoms with E-state index in [0.29, 0.717) is 16.6 Å². The van der Waals surface area contributed by atoms with Gasteiger partial charge in [0.1, 0.15) is 0 Å². The standard InChI is InChI=1S/C21H24N6OS2/c1-13(2)11-27-15(4)18(14(3)26-27)9-19(28)23-20-24-25-21(30-20)29-12-17-7-5-16(10-22)6-8-17/h5-8,13H,9,11-12H2,1-4H3,(H,23,24,28). The normalized spacial score (nSPS) is 10.9. The summed E-state index contributed by atoms with van der Waals surface area (Å²) in [7, 11) is 0. The Morgan fingerprint density at radius 2 is 2.00 bits per heavy atom. The molecule has 9 heteroatoms. The molecular weight excluding hydrogens is 416 g/mol. The molecule has 1 amide bonds. The molecule has 1 aromatic carbocycles. The van der Waals surface area contributed by atoms with Crippen molar-refractivity contribution in [2.45, 2.75) is 50.8 Å². The van der Waals surface area contributed by atoms with E-state index in [-0.39, 0.29) is 12.3 Å². The van der Waals surface area contributed by atoms with E-state index in [0.717, 1.165) is 39.2 Å². The van der Waals surface area contributed by atoms with E-state index in [4.69, 9.17) is 5.26 Å². The van der Waals surface area contributed by atoms with Crippen molar-refractivity contribution in [2.24, 2.45) is 5.92 Å². The van der Waals surface area contributed by atoms with Gasteiger partial charge in [0, 0.05) is 23.6 Å². The number of carbonyl (C=O) groups is 1. The second-order valence-electron chi connectivity index (χ2n) is 7.42. The van der Waals surface area contributed by atoms with Crippen molar-refractivity contribution >= 4 is 34.1 Å². The first kappa shape index (κ1) is 22.0. The lowest BCUT2D eigenvalue weighted by atomic mass is 10.1. The Hall–Kier alpha value is -2.70. The van der Waals surface area contributed by atoms with Crippen LogP contribution >= 0.6 is 23.1 Å². The maximum Gasteiger partial charge on any atom is 0.230 e. The zero-order chi connectivity index (χ0) is 21.7. The molecule has 2 heterocycles. The molecule has 0 atom stereocenters. The third-order valence-electron chi connectivity index (χ3n) is 4.50. The van der Waals surface area contributed by atoms with Crippen LogP contribution in [0.2, 0.25) is 0 Å². The van der Waals surface area contributed by atoms with Crippen LogP contribution < -0.4 is 5.32 Å². The molecule has 30 heavy (non-hydrogen) atoms. The number of hydrogen-bond donors (Lipinski definition) is 1. The van der Waals surface area contributed by atoms with Crippen LogP contribution in [-0.4, -0.2) is 25.9 Å². The number of thioether (sulfide) groups is 1. The molecule has 0 saturated carbocycles. The van der Waals surface area contributed by atoms with Crippen molar-refractivity contribution in [3.05, 3.63) is 52.3 Å². The predicted molar refractivity (Wildman–Crippen MR) is 119 cm³/mol. The Morgan fingerprint density at radius 3 is 2.67 bits per heavy atom. The molecule has 0 aliphatic heterocycles. The van der Waals surface area contributed by atoms with Gasteiger partial charge in [-0.15, -0.1) is 10.2 Å². The minimum absolute atomic E-state index is 0.120. The lowest BCUT2D eigenvalue weighted by Gasteiger charge is -2.08. The zero-order valence-electron chi connectivity index (χ0n) is 17.5. The second-order valence-corrected chi connectivity index (χ2v) is 9.62. The fourth-order valence-corrected chi connectivity index (χ4v) is 4.70. The summed E-state index contributed by atoms with van der Waals surface area (Å²) in [5.41, 5.74) is 4.63. The Balaban J connectivity index is 1.56. The molecule has 2 aromatic heterocycles. The molecule has 3 rings (SSSR count). The van der Waals surface area contributed by atoms with Crippen LogP contribution in [0, 0.1) is 31.1 Å². The monoisotopic (exact) mass is 440 g/mol. The first-order chi connectivity index (χ1) is 14.4. The molecule has 0 aliphatic carbocycles. The molecular formula is C21H24N6OS2. The van der Waals surface area contributed by atoms with Crippen LogP contribution in [0.3, 0.4) is 0 Å². The summed E-state index contributed by atoms with van der Waals surface area (Å²) < 4.78 is 2.76. The average Bonchev–Trinajstić information content (AvgIpc) is 3.26. The molecule has 1 N–H and O–H groups in total. The lowest BCUT2D eigenvalue weighted by Crippen LogP contribution is -2.15. The van der Waals surface area contributed by atoms with Crippen molar-refractivity contribution in [3.8, 4) is 6.07 Å². The van der Waals surface area contributed by atoms with E-state index in [1.807, 2.05) is 30.7 Å². The molecule has 0 bridgehead atoms. The van der Waals surface area contributed by atoms with E-state index < -0.39 is 0 Å². The largest absolute Gasteiger partial charge is 0.300 e. The molecule has 0 saturated heterocycles. The van der Waals surface area contributed by atoms with Gasteiger partial charge in [0.15, 0.2) is 4.34 Å². The number of nitrogens with one attached hydrogen (secondary N) is 1. The van der Waals surface area contributed by atoms with Crippen LogP contribution in [-0.2, 0) is 23.5 Å². The minimum atomic E-state index is -0.120. The smallest absolute Gasteiger partial charge is 0.230 e. The predicted octanol–water partition coefficient (Wildman–Crippen LogP) is 4.35. The molecule has 0 unspecified atom stereocenters. The maximum atomic E-state index is 12.5. The van der Waals surface area contributed by atoms with Crippen molar-refractivity contribution in [2.75, 3.05) is 5.32 Å². The molecule has 7 nitrogen and oxygen atoms in total. The molecule has 0 spiro atoms. The van der Waals surface area contributed by atoms with Gasteiger partial charge in [-0.3, -0.25) is 9.48 Å². The van der Waals surface area contributed by atoms with Crippen molar-refractivity contribution < 1.29 is 4.79 Å². The Morgan fingerprint density at radius 1 is 1.27 bits per heavy atom. The number of anilines is 1. The van der Waals surface area contributed by atoms with Gasteiger partial charge in [0.2, 0.25) is 11.0 Å². The summed E-state index contributed by atoms with van der Waals surface area (Å²) in [5.74, 6) is 1.10. The highest BCUT2D eigenvalue weighted by Crippen LogP contribution is 2.28. The highest BCUT2D eigenvalue weighted by atomic mass is 32.2. The number of benzene rings is 1. The van der Waals surface area contributed by atoms with Gasteiger partial charge in [0.25, 0.3) is 0 Å². The highest BCUT2D eigenvalue weighted by Gasteiger charge is 2.17. The van der Waals surface area contributed by atoms with Crippen LogP contribution in [0.15, 0.2) is 28.6 Å². The summed E-state index contributed by atoms with van der Waals surface area (Å²) >= 11 is 2.91. The molecule has 0 aliphatic rings. The van der Waals surface area contributed by atoms with E-state index in [1.165, 1.54) is 11.3 Å². The van der Waals surface area contributed by atoms with Crippen LogP contribution in [0.1, 0.15) is 41.9 Å². The Bertz CT molecular complexity index is 1060. The Kier molecular flexibility index (Phi) is 7.24. The van der Waals surface area contributed by atoms with Crippen LogP contribution in [0.25, 0.3) is 0 Å². The quantitative estimate of drug-likeness (QED) is 0.413. The van der Waals surface area contributed by atoms with E-state index in [2.05, 4.69) is 40.5 Å². The summed E-state index contributed by atoms with van der Waals surface area (Å²) in [6.07, 6.45) is 0.267. The average molecular weight is 441 g/mol. The van der Waals surface area contributed by atoms with Gasteiger partial charge < -0.3 is 5.32 Å². The van der Waals surface area contributed by atoms with Crippen molar-refractivity contribution in [1.82, 2.24) is 20.0 Å². The van der Waals surface area contributed by atoms with Crippen molar-refractivity contribution in [1.29, 1.82) is 5.26 Å².